The van der Waals surface area contributed by atoms with E-state index in [9.17, 15) is 9.59 Å². The van der Waals surface area contributed by atoms with Crippen LogP contribution < -0.4 is 16.4 Å². The highest BCUT2D eigenvalue weighted by atomic mass is 16.2. The molecule has 7 heteroatoms. The van der Waals surface area contributed by atoms with Gasteiger partial charge >= 0.3 is 0 Å². The molecule has 0 aromatic heterocycles. The molecule has 1 heterocycles. The van der Waals surface area contributed by atoms with Crippen LogP contribution in [-0.4, -0.2) is 48.2 Å². The quantitative estimate of drug-likeness (QED) is 0.474. The number of amidine groups is 1. The van der Waals surface area contributed by atoms with E-state index in [4.69, 9.17) is 5.73 Å². The molecule has 3 rings (SSSR count). The third kappa shape index (κ3) is 5.84. The summed E-state index contributed by atoms with van der Waals surface area (Å²) in [7, 11) is 0. The summed E-state index contributed by atoms with van der Waals surface area (Å²) < 4.78 is 0. The number of benzene rings is 1. The Labute approximate surface area is 178 Å². The van der Waals surface area contributed by atoms with Crippen molar-refractivity contribution in [1.82, 2.24) is 15.5 Å². The van der Waals surface area contributed by atoms with Crippen molar-refractivity contribution in [3.8, 4) is 0 Å². The zero-order valence-electron chi connectivity index (χ0n) is 18.4. The van der Waals surface area contributed by atoms with Gasteiger partial charge in [-0.1, -0.05) is 0 Å². The van der Waals surface area contributed by atoms with Crippen LogP contribution in [-0.2, 0) is 4.79 Å². The zero-order valence-corrected chi connectivity index (χ0v) is 18.4. The second kappa shape index (κ2) is 9.32. The number of carbonyl (C=O) groups is 2. The predicted octanol–water partition coefficient (Wildman–Crippen LogP) is 2.63. The third-order valence-corrected chi connectivity index (χ3v) is 5.39. The fourth-order valence-electron chi connectivity index (χ4n) is 3.56. The highest BCUT2D eigenvalue weighted by Gasteiger charge is 2.26. The van der Waals surface area contributed by atoms with Gasteiger partial charge in [0.1, 0.15) is 5.84 Å². The molecular weight excluding hydrogens is 378 g/mol. The lowest BCUT2D eigenvalue weighted by atomic mass is 10.0. The Balaban J connectivity index is 1.88. The van der Waals surface area contributed by atoms with Crippen molar-refractivity contribution in [3.05, 3.63) is 40.6 Å². The van der Waals surface area contributed by atoms with E-state index >= 15 is 0 Å². The summed E-state index contributed by atoms with van der Waals surface area (Å²) in [6.45, 7) is 9.44. The molecule has 30 heavy (non-hydrogen) atoms. The number of nitrogens with zero attached hydrogens (tertiary/aromatic N) is 2. The van der Waals surface area contributed by atoms with Gasteiger partial charge in [0.15, 0.2) is 0 Å². The fraction of sp³-hybridized carbons (Fsp3) is 0.522. The van der Waals surface area contributed by atoms with Crippen molar-refractivity contribution >= 4 is 23.3 Å². The molecular formula is C23H33N5O2. The minimum absolute atomic E-state index is 0.0322. The molecule has 0 radical (unpaired) electrons. The number of aryl methyl sites for hydroxylation is 1. The van der Waals surface area contributed by atoms with Crippen LogP contribution in [0.4, 0.5) is 5.69 Å². The monoisotopic (exact) mass is 411 g/mol. The van der Waals surface area contributed by atoms with E-state index in [1.165, 1.54) is 12.8 Å². The number of nitrogens with two attached hydrogens (primary N) is 1. The van der Waals surface area contributed by atoms with Gasteiger partial charge < -0.3 is 21.3 Å². The second-order valence-corrected chi connectivity index (χ2v) is 8.65. The molecule has 1 aromatic rings. The number of carbonyl (C=O) groups excluding carboxylic acids is 2. The molecule has 2 amide bonds. The van der Waals surface area contributed by atoms with E-state index in [1.54, 1.807) is 17.9 Å². The summed E-state index contributed by atoms with van der Waals surface area (Å²) in [6.07, 6.45) is 3.28. The highest BCUT2D eigenvalue weighted by Crippen LogP contribution is 2.29. The second-order valence-electron chi connectivity index (χ2n) is 8.65. The number of amides is 2. The summed E-state index contributed by atoms with van der Waals surface area (Å²) in [5, 5.41) is 6.45. The van der Waals surface area contributed by atoms with Crippen molar-refractivity contribution in [1.29, 1.82) is 0 Å². The molecule has 162 valence electrons. The van der Waals surface area contributed by atoms with Gasteiger partial charge in [-0.25, -0.2) is 4.99 Å². The Morgan fingerprint density at radius 2 is 2.00 bits per heavy atom. The van der Waals surface area contributed by atoms with Crippen LogP contribution in [0.15, 0.2) is 34.5 Å². The largest absolute Gasteiger partial charge is 0.388 e. The molecule has 0 bridgehead atoms. The average molecular weight is 412 g/mol. The number of rotatable bonds is 7. The van der Waals surface area contributed by atoms with Gasteiger partial charge in [0.25, 0.3) is 5.91 Å². The Kier molecular flexibility index (Phi) is 6.80. The van der Waals surface area contributed by atoms with E-state index in [-0.39, 0.29) is 17.9 Å². The van der Waals surface area contributed by atoms with Crippen LogP contribution in [0, 0.1) is 12.8 Å². The highest BCUT2D eigenvalue weighted by molar-refractivity contribution is 6.01. The van der Waals surface area contributed by atoms with Gasteiger partial charge in [-0.05, 0) is 63.3 Å². The predicted molar refractivity (Wildman–Crippen MR) is 120 cm³/mol. The van der Waals surface area contributed by atoms with E-state index < -0.39 is 0 Å². The Morgan fingerprint density at radius 3 is 2.63 bits per heavy atom. The molecule has 0 spiro atoms. The Hall–Kier alpha value is -2.83. The van der Waals surface area contributed by atoms with Crippen molar-refractivity contribution in [2.24, 2.45) is 16.6 Å². The number of hydrogen-bond donors (Lipinski definition) is 3. The first kappa shape index (κ1) is 21.9. The first-order valence-electron chi connectivity index (χ1n) is 10.7. The molecule has 1 aliphatic carbocycles. The van der Waals surface area contributed by atoms with E-state index in [0.29, 0.717) is 30.2 Å². The third-order valence-electron chi connectivity index (χ3n) is 5.39. The molecule has 0 saturated heterocycles. The van der Waals surface area contributed by atoms with Gasteiger partial charge in [0, 0.05) is 49.3 Å². The lowest BCUT2D eigenvalue weighted by molar-refractivity contribution is -0.128. The molecule has 1 aliphatic heterocycles. The summed E-state index contributed by atoms with van der Waals surface area (Å²) in [6, 6.07) is 5.55. The maximum atomic E-state index is 12.4. The van der Waals surface area contributed by atoms with Crippen LogP contribution in [0.2, 0.25) is 0 Å². The van der Waals surface area contributed by atoms with Crippen molar-refractivity contribution in [2.45, 2.75) is 53.0 Å². The Bertz CT molecular complexity index is 884. The SMILES string of the molecule is CC(=O)N1CCC(NCC2CC2)=C(C(N)=Nc2cc(C)cc(C(=O)NC(C)C)c2)C1. The fourth-order valence-corrected chi connectivity index (χ4v) is 3.56. The van der Waals surface area contributed by atoms with Crippen molar-refractivity contribution < 1.29 is 9.59 Å². The van der Waals surface area contributed by atoms with E-state index in [0.717, 1.165) is 35.7 Å². The molecule has 1 aromatic carbocycles. The number of nitrogens with one attached hydrogen (secondary N) is 2. The number of aliphatic imine (C=N–C) groups is 1. The summed E-state index contributed by atoms with van der Waals surface area (Å²) in [4.78, 5) is 30.8. The topological polar surface area (TPSA) is 99.8 Å². The zero-order chi connectivity index (χ0) is 21.8. The Morgan fingerprint density at radius 1 is 1.27 bits per heavy atom. The standard InChI is InChI=1S/C23H33N5O2/c1-14(2)26-23(30)18-9-15(3)10-19(11-18)27-22(24)20-13-28(16(4)29)8-7-21(20)25-12-17-5-6-17/h9-11,14,17,25H,5-8,12-13H2,1-4H3,(H2,24,27)(H,26,30). The minimum atomic E-state index is -0.129. The maximum absolute atomic E-state index is 12.4. The van der Waals surface area contributed by atoms with Crippen molar-refractivity contribution in [2.75, 3.05) is 19.6 Å². The molecule has 2 aliphatic rings. The first-order chi connectivity index (χ1) is 14.2. The summed E-state index contributed by atoms with van der Waals surface area (Å²) >= 11 is 0. The molecule has 1 fully saturated rings. The van der Waals surface area contributed by atoms with Crippen LogP contribution in [0.25, 0.3) is 0 Å². The molecule has 4 N–H and O–H groups in total. The lowest BCUT2D eigenvalue weighted by Crippen LogP contribution is -2.41. The normalized spacial score (nSPS) is 17.4. The van der Waals surface area contributed by atoms with Gasteiger partial charge in [-0.15, -0.1) is 0 Å². The van der Waals surface area contributed by atoms with E-state index in [1.807, 2.05) is 32.9 Å². The molecule has 7 nitrogen and oxygen atoms in total. The van der Waals surface area contributed by atoms with Crippen LogP contribution in [0.5, 0.6) is 0 Å². The van der Waals surface area contributed by atoms with Crippen LogP contribution in [0.3, 0.4) is 0 Å². The van der Waals surface area contributed by atoms with Crippen LogP contribution in [0.1, 0.15) is 56.0 Å². The maximum Gasteiger partial charge on any atom is 0.251 e. The molecule has 0 atom stereocenters. The smallest absolute Gasteiger partial charge is 0.251 e. The molecule has 1 saturated carbocycles. The van der Waals surface area contributed by atoms with Gasteiger partial charge in [-0.2, -0.15) is 0 Å². The minimum Gasteiger partial charge on any atom is -0.388 e. The summed E-state index contributed by atoms with van der Waals surface area (Å²) in [5.74, 6) is 1.03. The van der Waals surface area contributed by atoms with Gasteiger partial charge in [0.2, 0.25) is 5.91 Å². The molecule has 0 unspecified atom stereocenters. The average Bonchev–Trinajstić information content (AvgIpc) is 3.49. The van der Waals surface area contributed by atoms with Crippen molar-refractivity contribution in [3.63, 3.8) is 0 Å². The van der Waals surface area contributed by atoms with E-state index in [2.05, 4.69) is 15.6 Å². The van der Waals surface area contributed by atoms with Gasteiger partial charge in [-0.3, -0.25) is 9.59 Å². The van der Waals surface area contributed by atoms with Crippen LogP contribution >= 0.6 is 0 Å². The van der Waals surface area contributed by atoms with Gasteiger partial charge in [0.05, 0.1) is 12.2 Å². The number of hydrogen-bond acceptors (Lipinski definition) is 4. The lowest BCUT2D eigenvalue weighted by Gasteiger charge is -2.30. The first-order valence-corrected chi connectivity index (χ1v) is 10.7. The summed E-state index contributed by atoms with van der Waals surface area (Å²) in [5.41, 5.74) is 10.5.